The first-order valence-electron chi connectivity index (χ1n) is 19.0. The molecule has 2 aromatic carbocycles. The zero-order chi connectivity index (χ0) is 38.5. The van der Waals surface area contributed by atoms with E-state index < -0.39 is 10.8 Å². The molecule has 8 heteroatoms. The lowest BCUT2D eigenvalue weighted by atomic mass is 9.86. The zero-order valence-corrected chi connectivity index (χ0v) is 33.4. The third kappa shape index (κ3) is 14.2. The van der Waals surface area contributed by atoms with Crippen molar-refractivity contribution in [2.24, 2.45) is 16.2 Å². The molecule has 0 unspecified atom stereocenters. The van der Waals surface area contributed by atoms with Gasteiger partial charge in [0, 0.05) is 6.07 Å². The number of hydrogen-bond donors (Lipinski definition) is 1. The van der Waals surface area contributed by atoms with Crippen molar-refractivity contribution < 1.29 is 38.4 Å². The number of carbonyl (C=O) groups is 3. The fraction of sp³-hybridized carbons (Fsp3) is 0.651. The van der Waals surface area contributed by atoms with E-state index in [0.717, 1.165) is 44.3 Å². The van der Waals surface area contributed by atoms with Gasteiger partial charge in [0.05, 0.1) is 16.2 Å². The maximum Gasteiger partial charge on any atom is 0.316 e. The highest BCUT2D eigenvalue weighted by Crippen LogP contribution is 2.36. The second kappa shape index (κ2) is 18.8. The summed E-state index contributed by atoms with van der Waals surface area (Å²) in [6.07, 6.45) is 12.7. The van der Waals surface area contributed by atoms with Crippen molar-refractivity contribution in [3.8, 4) is 23.0 Å². The minimum atomic E-state index is -0.495. The van der Waals surface area contributed by atoms with Crippen LogP contribution >= 0.6 is 0 Å². The van der Waals surface area contributed by atoms with Crippen LogP contribution in [-0.2, 0) is 19.1 Å². The first-order chi connectivity index (χ1) is 23.7. The van der Waals surface area contributed by atoms with Gasteiger partial charge in [-0.15, -0.1) is 0 Å². The summed E-state index contributed by atoms with van der Waals surface area (Å²) in [5, 5.41) is 9.19. The van der Waals surface area contributed by atoms with E-state index in [-0.39, 0.29) is 40.3 Å². The van der Waals surface area contributed by atoms with Crippen LogP contribution in [0.4, 0.5) is 0 Å². The van der Waals surface area contributed by atoms with Gasteiger partial charge < -0.3 is 24.1 Å². The number of phenols is 1. The molecule has 0 spiro atoms. The van der Waals surface area contributed by atoms with E-state index in [4.69, 9.17) is 18.9 Å². The van der Waals surface area contributed by atoms with Crippen LogP contribution in [0.2, 0.25) is 0 Å². The number of esters is 3. The average molecular weight is 711 g/mol. The van der Waals surface area contributed by atoms with Gasteiger partial charge in [-0.05, 0) is 162 Å². The molecule has 2 aliphatic carbocycles. The van der Waals surface area contributed by atoms with Crippen molar-refractivity contribution >= 4 is 17.9 Å². The SMILES string of the molecule is CCC(C)(C)C(=O)OC1(C)CCCC1.CCC(C)(C)C(=O)Oc1ccc(OC2(C)CCCCC2)cc1.CCC(C)(C)C(=O)Oc1cccc(O)c1. The minimum Gasteiger partial charge on any atom is -0.508 e. The Hall–Kier alpha value is -3.55. The fourth-order valence-corrected chi connectivity index (χ4v) is 5.32. The Morgan fingerprint density at radius 3 is 1.47 bits per heavy atom. The molecule has 286 valence electrons. The molecule has 8 nitrogen and oxygen atoms in total. The summed E-state index contributed by atoms with van der Waals surface area (Å²) in [7, 11) is 0. The summed E-state index contributed by atoms with van der Waals surface area (Å²) >= 11 is 0. The van der Waals surface area contributed by atoms with Gasteiger partial charge >= 0.3 is 17.9 Å². The van der Waals surface area contributed by atoms with Gasteiger partial charge in [-0.3, -0.25) is 14.4 Å². The monoisotopic (exact) mass is 710 g/mol. The molecule has 0 radical (unpaired) electrons. The van der Waals surface area contributed by atoms with Crippen LogP contribution in [0.3, 0.4) is 0 Å². The maximum atomic E-state index is 12.1. The van der Waals surface area contributed by atoms with Crippen LogP contribution in [0.5, 0.6) is 23.0 Å². The predicted molar refractivity (Wildman–Crippen MR) is 203 cm³/mol. The lowest BCUT2D eigenvalue weighted by molar-refractivity contribution is -0.168. The van der Waals surface area contributed by atoms with Crippen molar-refractivity contribution in [1.29, 1.82) is 0 Å². The molecule has 0 heterocycles. The summed E-state index contributed by atoms with van der Waals surface area (Å²) in [6, 6.07) is 13.6. The average Bonchev–Trinajstić information content (AvgIpc) is 3.51. The van der Waals surface area contributed by atoms with E-state index >= 15 is 0 Å². The van der Waals surface area contributed by atoms with Crippen LogP contribution in [-0.4, -0.2) is 34.2 Å². The molecule has 1 N–H and O–H groups in total. The Balaban J connectivity index is 0.000000275. The first-order valence-corrected chi connectivity index (χ1v) is 19.0. The van der Waals surface area contributed by atoms with Crippen LogP contribution in [0.15, 0.2) is 48.5 Å². The largest absolute Gasteiger partial charge is 0.508 e. The Kier molecular flexibility index (Phi) is 16.1. The Morgan fingerprint density at radius 1 is 0.588 bits per heavy atom. The smallest absolute Gasteiger partial charge is 0.316 e. The fourth-order valence-electron chi connectivity index (χ4n) is 5.32. The van der Waals surface area contributed by atoms with Crippen LogP contribution in [0.1, 0.15) is 153 Å². The van der Waals surface area contributed by atoms with Gasteiger partial charge in [0.2, 0.25) is 0 Å². The molecule has 51 heavy (non-hydrogen) atoms. The molecule has 0 bridgehead atoms. The number of rotatable bonds is 11. The van der Waals surface area contributed by atoms with Gasteiger partial charge in [-0.25, -0.2) is 0 Å². The van der Waals surface area contributed by atoms with E-state index in [2.05, 4.69) is 13.8 Å². The lowest BCUT2D eigenvalue weighted by Gasteiger charge is -2.34. The number of benzene rings is 2. The van der Waals surface area contributed by atoms with E-state index in [1.54, 1.807) is 12.1 Å². The maximum absolute atomic E-state index is 12.1. The topological polar surface area (TPSA) is 108 Å². The Bertz CT molecular complexity index is 1390. The molecular formula is C43H66O8. The molecular weight excluding hydrogens is 644 g/mol. The van der Waals surface area contributed by atoms with Gasteiger partial charge in [0.25, 0.3) is 0 Å². The lowest BCUT2D eigenvalue weighted by Crippen LogP contribution is -2.35. The summed E-state index contributed by atoms with van der Waals surface area (Å²) in [4.78, 5) is 35.6. The third-order valence-electron chi connectivity index (χ3n) is 10.6. The van der Waals surface area contributed by atoms with Gasteiger partial charge in [0.1, 0.15) is 34.2 Å². The number of ether oxygens (including phenoxy) is 4. The summed E-state index contributed by atoms with van der Waals surface area (Å²) in [5.74, 6) is 1.38. The molecule has 0 aliphatic heterocycles. The quantitative estimate of drug-likeness (QED) is 0.181. The number of hydrogen-bond acceptors (Lipinski definition) is 8. The van der Waals surface area contributed by atoms with Crippen molar-refractivity contribution in [1.82, 2.24) is 0 Å². The minimum absolute atomic E-state index is 0.0376. The van der Waals surface area contributed by atoms with E-state index in [0.29, 0.717) is 17.9 Å². The zero-order valence-electron chi connectivity index (χ0n) is 33.4. The first kappa shape index (κ1) is 43.6. The highest BCUT2D eigenvalue weighted by atomic mass is 16.6. The van der Waals surface area contributed by atoms with Crippen LogP contribution in [0.25, 0.3) is 0 Å². The van der Waals surface area contributed by atoms with Crippen LogP contribution < -0.4 is 14.2 Å². The van der Waals surface area contributed by atoms with Gasteiger partial charge in [-0.2, -0.15) is 0 Å². The molecule has 2 saturated carbocycles. The molecule has 0 atom stereocenters. The highest BCUT2D eigenvalue weighted by Gasteiger charge is 2.37. The number of carbonyl (C=O) groups excluding carboxylic acids is 3. The van der Waals surface area contributed by atoms with E-state index in [9.17, 15) is 19.5 Å². The standard InChI is InChI=1S/C19H28O3.C12H16O3.C12H22O2/c1-5-18(2,3)17(20)21-15-9-11-16(12-10-15)22-19(4)13-7-6-8-14-19;1-4-12(2,3)11(14)15-10-7-5-6-9(13)8-10;1-5-11(2,3)10(13)14-12(4)8-6-7-9-12/h9-12H,5-8,13-14H2,1-4H3;5-8,13H,4H2,1-3H3;5-9H2,1-4H3. The summed E-state index contributed by atoms with van der Waals surface area (Å²) in [6.45, 7) is 21.6. The van der Waals surface area contributed by atoms with E-state index in [1.807, 2.05) is 86.6 Å². The molecule has 0 aromatic heterocycles. The molecule has 2 aromatic rings. The van der Waals surface area contributed by atoms with Crippen molar-refractivity contribution in [2.45, 2.75) is 164 Å². The second-order valence-electron chi connectivity index (χ2n) is 16.6. The van der Waals surface area contributed by atoms with Crippen molar-refractivity contribution in [3.63, 3.8) is 0 Å². The van der Waals surface area contributed by atoms with Crippen molar-refractivity contribution in [2.75, 3.05) is 0 Å². The highest BCUT2D eigenvalue weighted by molar-refractivity contribution is 5.79. The van der Waals surface area contributed by atoms with Crippen LogP contribution in [0, 0.1) is 16.2 Å². The molecule has 2 fully saturated rings. The van der Waals surface area contributed by atoms with E-state index in [1.165, 1.54) is 44.2 Å². The normalized spacial score (nSPS) is 16.7. The second-order valence-corrected chi connectivity index (χ2v) is 16.6. The Labute approximate surface area is 308 Å². The molecule has 2 aliphatic rings. The van der Waals surface area contributed by atoms with Gasteiger partial charge in [0.15, 0.2) is 0 Å². The number of phenolic OH excluding ortho intramolecular Hbond substituents is 1. The molecule has 0 saturated heterocycles. The molecule has 0 amide bonds. The number of aromatic hydroxyl groups is 1. The Morgan fingerprint density at radius 2 is 1.00 bits per heavy atom. The third-order valence-corrected chi connectivity index (χ3v) is 10.6. The summed E-state index contributed by atoms with van der Waals surface area (Å²) in [5.41, 5.74) is -1.51. The van der Waals surface area contributed by atoms with Gasteiger partial charge in [-0.1, -0.05) is 33.3 Å². The molecule has 4 rings (SSSR count). The predicted octanol–water partition coefficient (Wildman–Crippen LogP) is 11.2. The summed E-state index contributed by atoms with van der Waals surface area (Å²) < 4.78 is 22.4. The van der Waals surface area contributed by atoms with Crippen molar-refractivity contribution in [3.05, 3.63) is 48.5 Å².